The second-order valence-electron chi connectivity index (χ2n) is 6.78. The topological polar surface area (TPSA) is 105 Å². The van der Waals surface area contributed by atoms with Crippen LogP contribution >= 0.6 is 12.4 Å². The van der Waals surface area contributed by atoms with Crippen LogP contribution in [0.3, 0.4) is 0 Å². The number of carbonyl (C=O) groups excluding carboxylic acids is 1. The third-order valence-corrected chi connectivity index (χ3v) is 6.10. The summed E-state index contributed by atoms with van der Waals surface area (Å²) in [7, 11) is -3.59. The van der Waals surface area contributed by atoms with Crippen molar-refractivity contribution in [2.75, 3.05) is 19.6 Å². The Morgan fingerprint density at radius 1 is 1.44 bits per heavy atom. The Balaban J connectivity index is 0.00000225. The van der Waals surface area contributed by atoms with Crippen LogP contribution < -0.4 is 10.5 Å². The molecule has 138 valence electrons. The summed E-state index contributed by atoms with van der Waals surface area (Å²) in [5.74, 6) is 0.121. The van der Waals surface area contributed by atoms with E-state index < -0.39 is 16.1 Å². The summed E-state index contributed by atoms with van der Waals surface area (Å²) >= 11 is 0. The zero-order valence-corrected chi connectivity index (χ0v) is 15.9. The number of rotatable bonds is 3. The van der Waals surface area contributed by atoms with Crippen LogP contribution in [0.5, 0.6) is 0 Å². The number of carbonyl (C=O) groups is 1. The van der Waals surface area contributed by atoms with Crippen LogP contribution in [0.2, 0.25) is 0 Å². The lowest BCUT2D eigenvalue weighted by molar-refractivity contribution is -0.131. The molecular weight excluding hydrogens is 364 g/mol. The molecule has 25 heavy (non-hydrogen) atoms. The number of fused-ring (bicyclic) bond motifs is 1. The highest BCUT2D eigenvalue weighted by Gasteiger charge is 2.37. The smallest absolute Gasteiger partial charge is 0.263 e. The Morgan fingerprint density at radius 2 is 2.12 bits per heavy atom. The summed E-state index contributed by atoms with van der Waals surface area (Å²) in [5, 5.41) is 0. The predicted octanol–water partition coefficient (Wildman–Crippen LogP) is 0.733. The van der Waals surface area contributed by atoms with Crippen molar-refractivity contribution in [3.05, 3.63) is 29.8 Å². The monoisotopic (exact) mass is 386 g/mol. The normalized spacial score (nSPS) is 26.7. The summed E-state index contributed by atoms with van der Waals surface area (Å²) in [6.45, 7) is 5.55. The molecule has 3 rings (SSSR count). The van der Waals surface area contributed by atoms with E-state index >= 15 is 0 Å². The number of sulfonamides is 1. The highest BCUT2D eigenvalue weighted by molar-refractivity contribution is 7.90. The molecule has 2 aliphatic rings. The maximum Gasteiger partial charge on any atom is 0.263 e. The van der Waals surface area contributed by atoms with Gasteiger partial charge in [0.05, 0.1) is 4.90 Å². The van der Waals surface area contributed by atoms with Crippen molar-refractivity contribution in [3.8, 4) is 0 Å². The van der Waals surface area contributed by atoms with Crippen molar-refractivity contribution in [3.63, 3.8) is 0 Å². The lowest BCUT2D eigenvalue weighted by Crippen LogP contribution is -2.39. The highest BCUT2D eigenvalue weighted by atomic mass is 35.5. The van der Waals surface area contributed by atoms with Crippen molar-refractivity contribution in [1.82, 2.24) is 9.62 Å². The van der Waals surface area contributed by atoms with Gasteiger partial charge in [-0.05, 0) is 37.4 Å². The summed E-state index contributed by atoms with van der Waals surface area (Å²) < 4.78 is 26.6. The number of hydrogen-bond acceptors (Lipinski definition) is 5. The maximum atomic E-state index is 12.6. The Bertz CT molecular complexity index is 811. The van der Waals surface area contributed by atoms with Gasteiger partial charge in [0.25, 0.3) is 10.0 Å². The number of aliphatic imine (C=N–C) groups is 1. The Morgan fingerprint density at radius 3 is 2.76 bits per heavy atom. The lowest BCUT2D eigenvalue weighted by atomic mass is 9.90. The van der Waals surface area contributed by atoms with Gasteiger partial charge in [0.2, 0.25) is 5.91 Å². The average molecular weight is 387 g/mol. The van der Waals surface area contributed by atoms with E-state index in [0.29, 0.717) is 25.2 Å². The largest absolute Gasteiger partial charge is 0.340 e. The first kappa shape index (κ1) is 19.7. The first-order valence-corrected chi connectivity index (χ1v) is 9.43. The van der Waals surface area contributed by atoms with Crippen molar-refractivity contribution >= 4 is 34.2 Å². The average Bonchev–Trinajstić information content (AvgIpc) is 3.07. The molecule has 1 amide bonds. The van der Waals surface area contributed by atoms with E-state index in [1.54, 1.807) is 30.0 Å². The van der Waals surface area contributed by atoms with Gasteiger partial charge < -0.3 is 10.6 Å². The maximum absolute atomic E-state index is 12.6. The molecule has 2 heterocycles. The van der Waals surface area contributed by atoms with E-state index in [1.807, 2.05) is 0 Å². The Labute approximate surface area is 154 Å². The number of halogens is 1. The molecule has 2 atom stereocenters. The number of nitrogens with one attached hydrogen (secondary N) is 1. The van der Waals surface area contributed by atoms with Crippen LogP contribution in [0.1, 0.15) is 25.8 Å². The van der Waals surface area contributed by atoms with Crippen molar-refractivity contribution in [2.45, 2.75) is 31.2 Å². The van der Waals surface area contributed by atoms with Crippen LogP contribution in [-0.4, -0.2) is 50.7 Å². The molecule has 0 aliphatic carbocycles. The number of nitrogens with two attached hydrogens (primary N) is 1. The fourth-order valence-corrected chi connectivity index (χ4v) is 4.36. The van der Waals surface area contributed by atoms with Gasteiger partial charge in [0.1, 0.15) is 11.9 Å². The number of benzene rings is 1. The highest BCUT2D eigenvalue weighted by Crippen LogP contribution is 2.29. The zero-order chi connectivity index (χ0) is 17.5. The number of amides is 1. The predicted molar refractivity (Wildman–Crippen MR) is 98.4 cm³/mol. The molecular formula is C16H23ClN4O3S. The molecule has 1 saturated heterocycles. The number of hydrogen-bond donors (Lipinski definition) is 2. The summed E-state index contributed by atoms with van der Waals surface area (Å²) in [6, 6.07) is 5.96. The molecule has 1 fully saturated rings. The molecule has 3 N–H and O–H groups in total. The van der Waals surface area contributed by atoms with E-state index in [9.17, 15) is 13.2 Å². The van der Waals surface area contributed by atoms with Crippen LogP contribution in [0, 0.1) is 5.41 Å². The zero-order valence-electron chi connectivity index (χ0n) is 14.2. The van der Waals surface area contributed by atoms with E-state index in [4.69, 9.17) is 5.73 Å². The van der Waals surface area contributed by atoms with Crippen LogP contribution in [0.4, 0.5) is 0 Å². The van der Waals surface area contributed by atoms with Crippen molar-refractivity contribution in [1.29, 1.82) is 0 Å². The SMILES string of the molecule is CC(N=C1NS(=O)(=O)c2ccccc21)C(=O)N1CCC(C)(CN)C1.Cl. The van der Waals surface area contributed by atoms with Crippen LogP contribution in [0.15, 0.2) is 34.2 Å². The van der Waals surface area contributed by atoms with Gasteiger partial charge in [-0.25, -0.2) is 8.42 Å². The first-order chi connectivity index (χ1) is 11.3. The van der Waals surface area contributed by atoms with Gasteiger partial charge in [-0.1, -0.05) is 19.1 Å². The van der Waals surface area contributed by atoms with Crippen LogP contribution in [-0.2, 0) is 14.8 Å². The quantitative estimate of drug-likeness (QED) is 0.798. The van der Waals surface area contributed by atoms with Gasteiger partial charge in [-0.2, -0.15) is 0 Å². The minimum absolute atomic E-state index is 0. The lowest BCUT2D eigenvalue weighted by Gasteiger charge is -2.23. The molecule has 0 spiro atoms. The van der Waals surface area contributed by atoms with Crippen LogP contribution in [0.25, 0.3) is 0 Å². The fraction of sp³-hybridized carbons (Fsp3) is 0.500. The molecule has 1 aromatic rings. The van der Waals surface area contributed by atoms with Gasteiger partial charge in [-0.15, -0.1) is 12.4 Å². The number of nitrogens with zero attached hydrogens (tertiary/aromatic N) is 2. The van der Waals surface area contributed by atoms with E-state index in [1.165, 1.54) is 6.07 Å². The third-order valence-electron chi connectivity index (χ3n) is 4.71. The molecule has 1 aromatic carbocycles. The molecule has 0 radical (unpaired) electrons. The van der Waals surface area contributed by atoms with Crippen molar-refractivity contribution in [2.24, 2.45) is 16.1 Å². The Hall–Kier alpha value is -1.64. The van der Waals surface area contributed by atoms with Gasteiger partial charge in [-0.3, -0.25) is 14.5 Å². The molecule has 9 heteroatoms. The standard InChI is InChI=1S/C16H22N4O3S.ClH/c1-11(15(21)20-8-7-16(2,9-17)10-20)18-14-12-5-3-4-6-13(12)24(22,23)19-14;/h3-6,11H,7-10,17H2,1-2H3,(H,18,19);1H. The molecule has 0 saturated carbocycles. The summed E-state index contributed by atoms with van der Waals surface area (Å²) in [6.07, 6.45) is 0.869. The molecule has 7 nitrogen and oxygen atoms in total. The molecule has 0 aromatic heterocycles. The Kier molecular flexibility index (Phi) is 5.46. The first-order valence-electron chi connectivity index (χ1n) is 7.95. The summed E-state index contributed by atoms with van der Waals surface area (Å²) in [5.41, 5.74) is 6.23. The minimum atomic E-state index is -3.59. The molecule has 0 bridgehead atoms. The van der Waals surface area contributed by atoms with Gasteiger partial charge >= 0.3 is 0 Å². The summed E-state index contributed by atoms with van der Waals surface area (Å²) in [4.78, 5) is 18.9. The van der Waals surface area contributed by atoms with E-state index in [2.05, 4.69) is 16.6 Å². The van der Waals surface area contributed by atoms with Gasteiger partial charge in [0.15, 0.2) is 0 Å². The fourth-order valence-electron chi connectivity index (χ4n) is 3.12. The second kappa shape index (κ2) is 6.93. The number of likely N-dealkylation sites (tertiary alicyclic amines) is 1. The molecule has 2 unspecified atom stereocenters. The third kappa shape index (κ3) is 3.65. The van der Waals surface area contributed by atoms with E-state index in [0.717, 1.165) is 6.42 Å². The number of amidine groups is 1. The minimum Gasteiger partial charge on any atom is -0.340 e. The van der Waals surface area contributed by atoms with E-state index in [-0.39, 0.29) is 34.5 Å². The molecule has 2 aliphatic heterocycles. The van der Waals surface area contributed by atoms with Gasteiger partial charge in [0, 0.05) is 18.7 Å². The second-order valence-corrected chi connectivity index (χ2v) is 8.43. The van der Waals surface area contributed by atoms with Crippen molar-refractivity contribution < 1.29 is 13.2 Å².